The summed E-state index contributed by atoms with van der Waals surface area (Å²) in [5.41, 5.74) is 3.75. The molecule has 1 N–H and O–H groups in total. The van der Waals surface area contributed by atoms with E-state index in [1.54, 1.807) is 0 Å². The minimum absolute atomic E-state index is 0.0914. The van der Waals surface area contributed by atoms with Crippen molar-refractivity contribution >= 4 is 34.6 Å². The Morgan fingerprint density at radius 2 is 1.93 bits per heavy atom. The van der Waals surface area contributed by atoms with E-state index in [4.69, 9.17) is 9.47 Å². The maximum atomic E-state index is 12.3. The Morgan fingerprint density at radius 3 is 2.61 bits per heavy atom. The van der Waals surface area contributed by atoms with Gasteiger partial charge >= 0.3 is 11.9 Å². The zero-order valence-electron chi connectivity index (χ0n) is 16.4. The normalized spacial score (nSPS) is 24.6. The quantitative estimate of drug-likeness (QED) is 0.625. The maximum Gasteiger partial charge on any atom is 0.320 e. The topological polar surface area (TPSA) is 71.6 Å². The van der Waals surface area contributed by atoms with Crippen LogP contribution in [0, 0.1) is 11.8 Å². The number of para-hydroxylation sites is 1. The third-order valence-corrected chi connectivity index (χ3v) is 7.21. The number of methoxy groups -OCH3 is 2. The number of nitrogens with zero attached hydrogens (tertiary/aromatic N) is 1. The minimum atomic E-state index is -0.858. The van der Waals surface area contributed by atoms with Gasteiger partial charge in [0.1, 0.15) is 0 Å². The summed E-state index contributed by atoms with van der Waals surface area (Å²) >= 11 is 1.88. The summed E-state index contributed by atoms with van der Waals surface area (Å²) in [4.78, 5) is 30.7. The maximum absolute atomic E-state index is 12.3. The highest BCUT2D eigenvalue weighted by Gasteiger charge is 2.45. The number of hydrogen-bond acceptors (Lipinski definition) is 6. The average Bonchev–Trinajstić information content (AvgIpc) is 3.13. The van der Waals surface area contributed by atoms with Gasteiger partial charge in [-0.15, -0.1) is 0 Å². The van der Waals surface area contributed by atoms with Gasteiger partial charge in [0, 0.05) is 28.4 Å². The molecule has 0 saturated carbocycles. The van der Waals surface area contributed by atoms with Crippen molar-refractivity contribution in [3.05, 3.63) is 35.5 Å². The highest BCUT2D eigenvalue weighted by molar-refractivity contribution is 7.98. The number of nitrogens with one attached hydrogen (secondary N) is 1. The second kappa shape index (κ2) is 7.79. The van der Waals surface area contributed by atoms with Gasteiger partial charge in [-0.3, -0.25) is 14.5 Å². The average molecular weight is 403 g/mol. The number of thioether (sulfide) groups is 1. The lowest BCUT2D eigenvalue weighted by Crippen LogP contribution is -2.46. The summed E-state index contributed by atoms with van der Waals surface area (Å²) in [5, 5.41) is 1.69. The third-order valence-electron chi connectivity index (χ3n) is 6.25. The highest BCUT2D eigenvalue weighted by atomic mass is 32.2. The summed E-state index contributed by atoms with van der Waals surface area (Å²) in [5.74, 6) is -1.95. The molecule has 6 nitrogen and oxygen atoms in total. The molecule has 4 rings (SSSR count). The second-order valence-electron chi connectivity index (χ2n) is 7.54. The largest absolute Gasteiger partial charge is 0.468 e. The lowest BCUT2D eigenvalue weighted by atomic mass is 9.78. The van der Waals surface area contributed by atoms with E-state index < -0.39 is 17.9 Å². The predicted molar refractivity (Wildman–Crippen MR) is 109 cm³/mol. The molecular weight excluding hydrogens is 376 g/mol. The van der Waals surface area contributed by atoms with Gasteiger partial charge in [-0.1, -0.05) is 18.2 Å². The van der Waals surface area contributed by atoms with E-state index in [1.807, 2.05) is 17.8 Å². The number of ether oxygens (including phenoxy) is 2. The molecule has 7 heteroatoms. The van der Waals surface area contributed by atoms with E-state index in [0.717, 1.165) is 31.4 Å². The third kappa shape index (κ3) is 3.10. The molecule has 28 heavy (non-hydrogen) atoms. The molecule has 1 saturated heterocycles. The zero-order valence-corrected chi connectivity index (χ0v) is 17.3. The first-order chi connectivity index (χ1) is 13.6. The number of aromatic amines is 1. The van der Waals surface area contributed by atoms with Crippen molar-refractivity contribution in [2.75, 3.05) is 33.6 Å². The fourth-order valence-electron chi connectivity index (χ4n) is 4.89. The van der Waals surface area contributed by atoms with Crippen LogP contribution in [0.4, 0.5) is 0 Å². The molecule has 3 atom stereocenters. The second-order valence-corrected chi connectivity index (χ2v) is 8.58. The first-order valence-corrected chi connectivity index (χ1v) is 10.9. The van der Waals surface area contributed by atoms with E-state index in [1.165, 1.54) is 30.9 Å². The molecule has 2 aromatic rings. The molecule has 2 aliphatic rings. The van der Waals surface area contributed by atoms with Crippen molar-refractivity contribution in [2.45, 2.75) is 24.1 Å². The van der Waals surface area contributed by atoms with Gasteiger partial charge in [-0.25, -0.2) is 0 Å². The number of rotatable bonds is 4. The highest BCUT2D eigenvalue weighted by Crippen LogP contribution is 2.49. The number of aromatic nitrogens is 1. The van der Waals surface area contributed by atoms with Crippen LogP contribution in [-0.2, 0) is 19.1 Å². The number of carbonyl (C=O) groups is 2. The Labute approximate surface area is 168 Å². The van der Waals surface area contributed by atoms with Gasteiger partial charge in [-0.05, 0) is 43.2 Å². The van der Waals surface area contributed by atoms with Crippen molar-refractivity contribution in [2.24, 2.45) is 11.8 Å². The fraction of sp³-hybridized carbons (Fsp3) is 0.524. The molecule has 3 heterocycles. The summed E-state index contributed by atoms with van der Waals surface area (Å²) in [7, 11) is 2.65. The smallest absolute Gasteiger partial charge is 0.320 e. The summed E-state index contributed by atoms with van der Waals surface area (Å²) in [6.45, 7) is 1.83. The Hall–Kier alpha value is -1.99. The summed E-state index contributed by atoms with van der Waals surface area (Å²) in [6, 6.07) is 8.58. The van der Waals surface area contributed by atoms with Crippen LogP contribution in [0.2, 0.25) is 0 Å². The molecule has 0 amide bonds. The molecule has 150 valence electrons. The first-order valence-electron chi connectivity index (χ1n) is 9.62. The monoisotopic (exact) mass is 402 g/mol. The SMILES string of the molecule is COC(=O)C(C(=O)OC)[C@@H]1CCN2C[C@H](SC)c3c([nH]c4ccccc34)[C@@H]2C1. The summed E-state index contributed by atoms with van der Waals surface area (Å²) < 4.78 is 9.82. The molecule has 1 fully saturated rings. The molecule has 0 radical (unpaired) electrons. The zero-order chi connectivity index (χ0) is 19.8. The van der Waals surface area contributed by atoms with E-state index >= 15 is 0 Å². The Morgan fingerprint density at radius 1 is 1.21 bits per heavy atom. The molecule has 1 aromatic carbocycles. The van der Waals surface area contributed by atoms with Gasteiger partial charge < -0.3 is 14.5 Å². The molecule has 0 spiro atoms. The Bertz CT molecular complexity index is 880. The van der Waals surface area contributed by atoms with Crippen LogP contribution in [0.5, 0.6) is 0 Å². The molecule has 2 aliphatic heterocycles. The Balaban J connectivity index is 1.71. The lowest BCUT2D eigenvalue weighted by Gasteiger charge is -2.45. The van der Waals surface area contributed by atoms with E-state index in [9.17, 15) is 9.59 Å². The van der Waals surface area contributed by atoms with Crippen LogP contribution in [0.1, 0.15) is 35.4 Å². The molecule has 0 unspecified atom stereocenters. The number of esters is 2. The van der Waals surface area contributed by atoms with Crippen LogP contribution in [0.25, 0.3) is 10.9 Å². The van der Waals surface area contributed by atoms with Crippen molar-refractivity contribution < 1.29 is 19.1 Å². The molecule has 1 aromatic heterocycles. The van der Waals surface area contributed by atoms with E-state index in [-0.39, 0.29) is 12.0 Å². The number of fused-ring (bicyclic) bond motifs is 5. The van der Waals surface area contributed by atoms with Crippen LogP contribution in [0.3, 0.4) is 0 Å². The number of carbonyl (C=O) groups excluding carboxylic acids is 2. The van der Waals surface area contributed by atoms with Crippen LogP contribution in [0.15, 0.2) is 24.3 Å². The fourth-order valence-corrected chi connectivity index (χ4v) is 5.72. The van der Waals surface area contributed by atoms with Crippen molar-refractivity contribution in [1.29, 1.82) is 0 Å². The van der Waals surface area contributed by atoms with Crippen molar-refractivity contribution in [3.63, 3.8) is 0 Å². The molecular formula is C21H26N2O4S. The molecule has 0 bridgehead atoms. The van der Waals surface area contributed by atoms with Gasteiger partial charge in [0.2, 0.25) is 0 Å². The van der Waals surface area contributed by atoms with Gasteiger partial charge in [0.25, 0.3) is 0 Å². The van der Waals surface area contributed by atoms with E-state index in [2.05, 4.69) is 34.3 Å². The van der Waals surface area contributed by atoms with Gasteiger partial charge in [-0.2, -0.15) is 11.8 Å². The number of H-pyrrole nitrogens is 1. The predicted octanol–water partition coefficient (Wildman–Crippen LogP) is 3.30. The van der Waals surface area contributed by atoms with Gasteiger partial charge in [0.15, 0.2) is 5.92 Å². The standard InChI is InChI=1S/C21H26N2O4S/c1-26-20(24)17(21(25)27-2)12-8-9-23-11-16(28-3)18-13-6-4-5-7-14(13)22-19(18)15(23)10-12/h4-7,12,15-17,22H,8-11H2,1-3H3/t12-,15+,16+/m1/s1. The van der Waals surface area contributed by atoms with Crippen LogP contribution >= 0.6 is 11.8 Å². The van der Waals surface area contributed by atoms with E-state index in [0.29, 0.717) is 5.25 Å². The van der Waals surface area contributed by atoms with Crippen LogP contribution in [-0.4, -0.2) is 55.4 Å². The Kier molecular flexibility index (Phi) is 5.38. The van der Waals surface area contributed by atoms with Crippen molar-refractivity contribution in [3.8, 4) is 0 Å². The number of piperidine rings is 1. The first kappa shape index (κ1) is 19.3. The summed E-state index contributed by atoms with van der Waals surface area (Å²) in [6.07, 6.45) is 3.67. The molecule has 0 aliphatic carbocycles. The van der Waals surface area contributed by atoms with Gasteiger partial charge in [0.05, 0.1) is 20.3 Å². The lowest BCUT2D eigenvalue weighted by molar-refractivity contribution is -0.163. The van der Waals surface area contributed by atoms with Crippen molar-refractivity contribution in [1.82, 2.24) is 9.88 Å². The number of hydrogen-bond donors (Lipinski definition) is 1. The van der Waals surface area contributed by atoms with Crippen LogP contribution < -0.4 is 0 Å². The number of benzene rings is 1. The minimum Gasteiger partial charge on any atom is -0.468 e.